The van der Waals surface area contributed by atoms with Gasteiger partial charge in [0.25, 0.3) is 0 Å². The largest absolute Gasteiger partial charge is 0.367 e. The third-order valence-electron chi connectivity index (χ3n) is 7.64. The van der Waals surface area contributed by atoms with Gasteiger partial charge in [-0.3, -0.25) is 19.4 Å². The first-order valence-electron chi connectivity index (χ1n) is 11.1. The fraction of sp³-hybridized carbons (Fsp3) is 0.400. The highest BCUT2D eigenvalue weighted by Gasteiger charge is 2.63. The maximum atomic E-state index is 13.8. The van der Waals surface area contributed by atoms with Crippen molar-refractivity contribution in [3.63, 3.8) is 0 Å². The molecule has 3 aliphatic heterocycles. The number of carbonyl (C=O) groups excluding carboxylic acids is 3. The van der Waals surface area contributed by atoms with Crippen LogP contribution < -0.4 is 9.80 Å². The van der Waals surface area contributed by atoms with E-state index in [0.29, 0.717) is 18.1 Å². The summed E-state index contributed by atoms with van der Waals surface area (Å²) < 4.78 is 0. The molecule has 7 nitrogen and oxygen atoms in total. The van der Waals surface area contributed by atoms with Gasteiger partial charge in [-0.05, 0) is 55.2 Å². The number of amides is 4. The molecule has 0 aromatic heterocycles. The Morgan fingerprint density at radius 1 is 0.939 bits per heavy atom. The van der Waals surface area contributed by atoms with Crippen LogP contribution in [-0.4, -0.2) is 67.4 Å². The average Bonchev–Trinajstić information content (AvgIpc) is 2.82. The summed E-state index contributed by atoms with van der Waals surface area (Å²) in [7, 11) is 2.92. The molecule has 2 fully saturated rings. The highest BCUT2D eigenvalue weighted by Crippen LogP contribution is 2.47. The first-order valence-corrected chi connectivity index (χ1v) is 11.5. The fourth-order valence-electron chi connectivity index (χ4n) is 5.69. The smallest absolute Gasteiger partial charge is 0.332 e. The topological polar surface area (TPSA) is 64.2 Å². The monoisotopic (exact) mass is 466 g/mol. The zero-order valence-electron chi connectivity index (χ0n) is 19.3. The van der Waals surface area contributed by atoms with Crippen molar-refractivity contribution in [3.05, 3.63) is 58.1 Å². The van der Waals surface area contributed by atoms with Gasteiger partial charge in [0.1, 0.15) is 0 Å². The third kappa shape index (κ3) is 2.98. The lowest BCUT2D eigenvalue weighted by atomic mass is 9.67. The van der Waals surface area contributed by atoms with Gasteiger partial charge in [-0.15, -0.1) is 0 Å². The summed E-state index contributed by atoms with van der Waals surface area (Å²) in [4.78, 5) is 46.7. The lowest BCUT2D eigenvalue weighted by Crippen LogP contribution is -2.74. The number of anilines is 2. The van der Waals surface area contributed by atoms with Gasteiger partial charge < -0.3 is 9.80 Å². The molecular formula is C25H27ClN4O3. The lowest BCUT2D eigenvalue weighted by molar-refractivity contribution is -0.159. The summed E-state index contributed by atoms with van der Waals surface area (Å²) in [6, 6.07) is 10.8. The van der Waals surface area contributed by atoms with Crippen LogP contribution in [0.25, 0.3) is 0 Å². The molecule has 3 aliphatic rings. The van der Waals surface area contributed by atoms with Crippen molar-refractivity contribution in [3.8, 4) is 0 Å². The maximum absolute atomic E-state index is 13.8. The van der Waals surface area contributed by atoms with Crippen molar-refractivity contribution < 1.29 is 14.4 Å². The standard InChI is InChI=1S/C25H27ClN4O3/c1-15-6-5-7-19(16(15)2)29-10-11-30-20-12-18(26)9-8-17(20)13-25(21(30)14-29)22(31)27(3)24(33)28(4)23(25)32/h5-9,12,21H,10-11,13-14H2,1-4H3/t21-/m1/s1. The van der Waals surface area contributed by atoms with Crippen LogP contribution in [0.5, 0.6) is 0 Å². The molecule has 33 heavy (non-hydrogen) atoms. The Labute approximate surface area is 198 Å². The number of hydrogen-bond donors (Lipinski definition) is 0. The highest BCUT2D eigenvalue weighted by atomic mass is 35.5. The van der Waals surface area contributed by atoms with Gasteiger partial charge in [0.15, 0.2) is 5.41 Å². The minimum atomic E-state index is -1.38. The molecule has 1 spiro atoms. The van der Waals surface area contributed by atoms with Gasteiger partial charge in [-0.25, -0.2) is 4.79 Å². The van der Waals surface area contributed by atoms with Crippen LogP contribution in [0.15, 0.2) is 36.4 Å². The number of barbiturate groups is 1. The fourth-order valence-corrected chi connectivity index (χ4v) is 5.85. The van der Waals surface area contributed by atoms with Crippen LogP contribution in [0.4, 0.5) is 16.2 Å². The molecule has 3 heterocycles. The summed E-state index contributed by atoms with van der Waals surface area (Å²) >= 11 is 6.34. The molecule has 0 aliphatic carbocycles. The number of fused-ring (bicyclic) bond motifs is 4. The number of urea groups is 1. The summed E-state index contributed by atoms with van der Waals surface area (Å²) in [6.45, 7) is 6.05. The zero-order chi connectivity index (χ0) is 23.7. The number of hydrogen-bond acceptors (Lipinski definition) is 5. The molecule has 0 bridgehead atoms. The molecule has 8 heteroatoms. The predicted octanol–water partition coefficient (Wildman–Crippen LogP) is 3.24. The Morgan fingerprint density at radius 2 is 1.64 bits per heavy atom. The quantitative estimate of drug-likeness (QED) is 0.604. The SMILES string of the molecule is Cc1cccc(N2CCN3c4cc(Cl)ccc4CC4(C(=O)N(C)C(=O)N(C)C4=O)[C@H]3C2)c1C. The number of halogens is 1. The van der Waals surface area contributed by atoms with Gasteiger partial charge in [-0.1, -0.05) is 29.8 Å². The summed E-state index contributed by atoms with van der Waals surface area (Å²) in [5.41, 5.74) is 3.96. The minimum Gasteiger partial charge on any atom is -0.367 e. The lowest BCUT2D eigenvalue weighted by Gasteiger charge is -2.56. The Kier molecular flexibility index (Phi) is 4.94. The van der Waals surface area contributed by atoms with Crippen molar-refractivity contribution in [2.75, 3.05) is 43.5 Å². The van der Waals surface area contributed by atoms with Crippen LogP contribution in [0.3, 0.4) is 0 Å². The minimum absolute atomic E-state index is 0.237. The van der Waals surface area contributed by atoms with Crippen molar-refractivity contribution in [1.29, 1.82) is 0 Å². The summed E-state index contributed by atoms with van der Waals surface area (Å²) in [5, 5.41) is 0.617. The normalized spacial score (nSPS) is 22.1. The van der Waals surface area contributed by atoms with E-state index in [-0.39, 0.29) is 6.42 Å². The number of aryl methyl sites for hydroxylation is 1. The Morgan fingerprint density at radius 3 is 2.33 bits per heavy atom. The molecule has 0 radical (unpaired) electrons. The van der Waals surface area contributed by atoms with Crippen molar-refractivity contribution in [2.45, 2.75) is 26.3 Å². The van der Waals surface area contributed by atoms with Gasteiger partial charge >= 0.3 is 6.03 Å². The molecule has 172 valence electrons. The molecule has 2 aromatic carbocycles. The van der Waals surface area contributed by atoms with Crippen LogP contribution >= 0.6 is 11.6 Å². The molecule has 1 atom stereocenters. The highest BCUT2D eigenvalue weighted by molar-refractivity contribution is 6.31. The third-order valence-corrected chi connectivity index (χ3v) is 7.87. The average molecular weight is 467 g/mol. The van der Waals surface area contributed by atoms with Crippen LogP contribution in [0.2, 0.25) is 5.02 Å². The Bertz CT molecular complexity index is 1170. The van der Waals surface area contributed by atoms with Crippen molar-refractivity contribution in [2.24, 2.45) is 5.41 Å². The van der Waals surface area contributed by atoms with Crippen LogP contribution in [-0.2, 0) is 16.0 Å². The molecular weight excluding hydrogens is 440 g/mol. The first-order chi connectivity index (χ1) is 15.7. The van der Waals surface area contributed by atoms with E-state index in [1.54, 1.807) is 6.07 Å². The molecule has 5 rings (SSSR count). The van der Waals surface area contributed by atoms with Gasteiger partial charge in [0.05, 0.1) is 6.04 Å². The van der Waals surface area contributed by atoms with E-state index >= 15 is 0 Å². The van der Waals surface area contributed by atoms with E-state index in [0.717, 1.165) is 33.3 Å². The van der Waals surface area contributed by atoms with Crippen molar-refractivity contribution >= 4 is 40.8 Å². The zero-order valence-corrected chi connectivity index (χ0v) is 20.0. The van der Waals surface area contributed by atoms with Gasteiger partial charge in [0, 0.05) is 50.1 Å². The van der Waals surface area contributed by atoms with Gasteiger partial charge in [0.2, 0.25) is 11.8 Å². The Balaban J connectivity index is 1.67. The molecule has 2 saturated heterocycles. The number of rotatable bonds is 1. The molecule has 0 saturated carbocycles. The van der Waals surface area contributed by atoms with Crippen molar-refractivity contribution in [1.82, 2.24) is 9.80 Å². The number of piperazine rings is 1. The summed E-state index contributed by atoms with van der Waals surface area (Å²) in [5.74, 6) is -0.872. The predicted molar refractivity (Wildman–Crippen MR) is 128 cm³/mol. The molecule has 0 N–H and O–H groups in total. The number of benzene rings is 2. The second kappa shape index (κ2) is 7.48. The van der Waals surface area contributed by atoms with E-state index in [9.17, 15) is 14.4 Å². The summed E-state index contributed by atoms with van der Waals surface area (Å²) in [6.07, 6.45) is 0.237. The second-order valence-corrected chi connectivity index (χ2v) is 9.74. The second-order valence-electron chi connectivity index (χ2n) is 9.31. The first kappa shape index (κ1) is 21.8. The molecule has 2 aromatic rings. The van der Waals surface area contributed by atoms with Crippen LogP contribution in [0, 0.1) is 19.3 Å². The number of carbonyl (C=O) groups is 3. The molecule has 4 amide bonds. The van der Waals surface area contributed by atoms with E-state index in [4.69, 9.17) is 11.6 Å². The van der Waals surface area contributed by atoms with Crippen LogP contribution in [0.1, 0.15) is 16.7 Å². The van der Waals surface area contributed by atoms with Gasteiger partial charge in [-0.2, -0.15) is 0 Å². The maximum Gasteiger partial charge on any atom is 0.332 e. The van der Waals surface area contributed by atoms with E-state index in [1.807, 2.05) is 18.2 Å². The Hall–Kier alpha value is -3.06. The number of nitrogens with zero attached hydrogens (tertiary/aromatic N) is 4. The number of imide groups is 2. The van der Waals surface area contributed by atoms with E-state index < -0.39 is 29.3 Å². The van der Waals surface area contributed by atoms with E-state index in [2.05, 4.69) is 35.8 Å². The molecule has 0 unspecified atom stereocenters. The van der Waals surface area contributed by atoms with E-state index in [1.165, 1.54) is 25.2 Å².